The quantitative estimate of drug-likeness (QED) is 0.751. The van der Waals surface area contributed by atoms with Gasteiger partial charge in [-0.1, -0.05) is 15.9 Å². The molecular weight excluding hydrogens is 237 g/mol. The Balaban J connectivity index is 2.91. The molecule has 66 valence electrons. The number of nitrogens with one attached hydrogen (secondary N) is 1. The molecule has 1 aromatic carbocycles. The Morgan fingerprint density at radius 1 is 1.62 bits per heavy atom. The van der Waals surface area contributed by atoms with Gasteiger partial charge in [0.25, 0.3) is 5.91 Å². The van der Waals surface area contributed by atoms with Crippen molar-refractivity contribution in [1.29, 1.82) is 0 Å². The lowest BCUT2D eigenvalue weighted by molar-refractivity contribution is -0.111. The maximum absolute atomic E-state index is 13.0. The molecule has 0 radical (unpaired) electrons. The number of hydrogen-bond donors (Lipinski definition) is 1. The Kier molecular flexibility index (Phi) is 3.04. The zero-order valence-corrected chi connectivity index (χ0v) is 8.06. The number of hydrogen-bond acceptors (Lipinski definition) is 1. The molecule has 1 amide bonds. The number of anilines is 1. The van der Waals surface area contributed by atoms with Gasteiger partial charge in [-0.15, -0.1) is 6.42 Å². The molecule has 1 aromatic rings. The van der Waals surface area contributed by atoms with Gasteiger partial charge in [-0.05, 0) is 24.1 Å². The molecule has 0 aromatic heterocycles. The molecule has 0 bridgehead atoms. The third kappa shape index (κ3) is 2.56. The van der Waals surface area contributed by atoms with Gasteiger partial charge in [0.1, 0.15) is 5.82 Å². The predicted molar refractivity (Wildman–Crippen MR) is 51.6 cm³/mol. The minimum atomic E-state index is -0.666. The SMILES string of the molecule is C#CC(=O)Nc1ccc(Br)cc1F. The van der Waals surface area contributed by atoms with Crippen LogP contribution in [0, 0.1) is 18.2 Å². The molecule has 2 nitrogen and oxygen atoms in total. The van der Waals surface area contributed by atoms with Crippen molar-refractivity contribution in [2.24, 2.45) is 0 Å². The lowest BCUT2D eigenvalue weighted by Gasteiger charge is -2.02. The summed E-state index contributed by atoms with van der Waals surface area (Å²) in [5.41, 5.74) is 0.0751. The van der Waals surface area contributed by atoms with Crippen molar-refractivity contribution in [2.75, 3.05) is 5.32 Å². The molecule has 0 atom stereocenters. The second-order valence-electron chi connectivity index (χ2n) is 2.22. The molecule has 0 unspecified atom stereocenters. The first-order chi connectivity index (χ1) is 6.13. The molecule has 0 heterocycles. The fourth-order valence-electron chi connectivity index (χ4n) is 0.749. The van der Waals surface area contributed by atoms with Gasteiger partial charge in [0, 0.05) is 4.47 Å². The summed E-state index contributed by atoms with van der Waals surface area (Å²) in [4.78, 5) is 10.7. The molecular formula is C9H5BrFNO. The molecule has 1 rings (SSSR count). The average Bonchev–Trinajstić information content (AvgIpc) is 2.09. The highest BCUT2D eigenvalue weighted by atomic mass is 79.9. The van der Waals surface area contributed by atoms with Crippen LogP contribution >= 0.6 is 15.9 Å². The zero-order chi connectivity index (χ0) is 9.84. The Bertz CT molecular complexity index is 384. The third-order valence-corrected chi connectivity index (χ3v) is 1.80. The van der Waals surface area contributed by atoms with Crippen LogP contribution in [0.15, 0.2) is 22.7 Å². The van der Waals surface area contributed by atoms with Gasteiger partial charge in [0.15, 0.2) is 0 Å². The van der Waals surface area contributed by atoms with E-state index in [1.165, 1.54) is 12.1 Å². The van der Waals surface area contributed by atoms with E-state index in [1.54, 1.807) is 6.07 Å². The topological polar surface area (TPSA) is 29.1 Å². The summed E-state index contributed by atoms with van der Waals surface area (Å²) in [5, 5.41) is 2.22. The van der Waals surface area contributed by atoms with Gasteiger partial charge in [0.2, 0.25) is 0 Å². The summed E-state index contributed by atoms with van der Waals surface area (Å²) in [6, 6.07) is 4.27. The Morgan fingerprint density at radius 3 is 2.85 bits per heavy atom. The highest BCUT2D eigenvalue weighted by Crippen LogP contribution is 2.18. The van der Waals surface area contributed by atoms with Crippen LogP contribution in [0.2, 0.25) is 0 Å². The van der Waals surface area contributed by atoms with E-state index in [4.69, 9.17) is 6.42 Å². The normalized spacial score (nSPS) is 9.00. The fourth-order valence-corrected chi connectivity index (χ4v) is 1.08. The fraction of sp³-hybridized carbons (Fsp3) is 0. The summed E-state index contributed by atoms with van der Waals surface area (Å²) >= 11 is 3.09. The summed E-state index contributed by atoms with van der Waals surface area (Å²) < 4.78 is 13.6. The zero-order valence-electron chi connectivity index (χ0n) is 6.47. The van der Waals surface area contributed by atoms with Crippen molar-refractivity contribution in [3.05, 3.63) is 28.5 Å². The van der Waals surface area contributed by atoms with Crippen molar-refractivity contribution in [2.45, 2.75) is 0 Å². The van der Waals surface area contributed by atoms with Crippen LogP contribution in [0.1, 0.15) is 0 Å². The molecule has 13 heavy (non-hydrogen) atoms. The van der Waals surface area contributed by atoms with E-state index < -0.39 is 11.7 Å². The van der Waals surface area contributed by atoms with Crippen LogP contribution in [0.3, 0.4) is 0 Å². The van der Waals surface area contributed by atoms with Gasteiger partial charge < -0.3 is 5.32 Å². The van der Waals surface area contributed by atoms with Gasteiger partial charge in [0.05, 0.1) is 5.69 Å². The Labute approximate surface area is 83.3 Å². The molecule has 0 saturated heterocycles. The molecule has 0 spiro atoms. The van der Waals surface area contributed by atoms with E-state index in [0.717, 1.165) is 0 Å². The molecule has 1 N–H and O–H groups in total. The van der Waals surface area contributed by atoms with Crippen LogP contribution in [0.5, 0.6) is 0 Å². The van der Waals surface area contributed by atoms with Crippen LogP contribution in [-0.4, -0.2) is 5.91 Å². The summed E-state index contributed by atoms with van der Waals surface area (Å²) in [5.74, 6) is 0.632. The van der Waals surface area contributed by atoms with Gasteiger partial charge in [-0.25, -0.2) is 4.39 Å². The number of halogens is 2. The van der Waals surface area contributed by atoms with Gasteiger partial charge in [-0.2, -0.15) is 0 Å². The maximum Gasteiger partial charge on any atom is 0.300 e. The van der Waals surface area contributed by atoms with E-state index in [9.17, 15) is 9.18 Å². The summed E-state index contributed by atoms with van der Waals surface area (Å²) in [6.45, 7) is 0. The lowest BCUT2D eigenvalue weighted by Crippen LogP contribution is -2.09. The van der Waals surface area contributed by atoms with Crippen molar-refractivity contribution >= 4 is 27.5 Å². The highest BCUT2D eigenvalue weighted by molar-refractivity contribution is 9.10. The summed E-state index contributed by atoms with van der Waals surface area (Å²) in [6.07, 6.45) is 4.81. The van der Waals surface area contributed by atoms with Gasteiger partial charge >= 0.3 is 0 Å². The Morgan fingerprint density at radius 2 is 2.31 bits per heavy atom. The Hall–Kier alpha value is -1.34. The summed E-state index contributed by atoms with van der Waals surface area (Å²) in [7, 11) is 0. The number of benzene rings is 1. The highest BCUT2D eigenvalue weighted by Gasteiger charge is 2.04. The third-order valence-electron chi connectivity index (χ3n) is 1.31. The number of amides is 1. The number of carbonyl (C=O) groups is 1. The number of terminal acetylenes is 1. The van der Waals surface area contributed by atoms with Crippen LogP contribution in [-0.2, 0) is 4.79 Å². The van der Waals surface area contributed by atoms with Crippen molar-refractivity contribution in [3.63, 3.8) is 0 Å². The minimum absolute atomic E-state index is 0.0751. The first-order valence-electron chi connectivity index (χ1n) is 3.36. The smallest absolute Gasteiger partial charge is 0.300 e. The standard InChI is InChI=1S/C9H5BrFNO/c1-2-9(13)12-8-4-3-6(10)5-7(8)11/h1,3-5H,(H,12,13). The van der Waals surface area contributed by atoms with E-state index >= 15 is 0 Å². The van der Waals surface area contributed by atoms with Crippen molar-refractivity contribution in [3.8, 4) is 12.3 Å². The van der Waals surface area contributed by atoms with E-state index in [2.05, 4.69) is 21.2 Å². The van der Waals surface area contributed by atoms with E-state index in [0.29, 0.717) is 4.47 Å². The first-order valence-corrected chi connectivity index (χ1v) is 4.15. The van der Waals surface area contributed by atoms with Crippen LogP contribution in [0.25, 0.3) is 0 Å². The van der Waals surface area contributed by atoms with E-state index in [1.807, 2.05) is 5.92 Å². The second-order valence-corrected chi connectivity index (χ2v) is 3.14. The van der Waals surface area contributed by atoms with Crippen molar-refractivity contribution in [1.82, 2.24) is 0 Å². The molecule has 0 aliphatic heterocycles. The van der Waals surface area contributed by atoms with Crippen molar-refractivity contribution < 1.29 is 9.18 Å². The molecule has 0 fully saturated rings. The molecule has 4 heteroatoms. The molecule has 0 saturated carbocycles. The second kappa shape index (κ2) is 4.06. The number of carbonyl (C=O) groups excluding carboxylic acids is 1. The molecule has 0 aliphatic rings. The predicted octanol–water partition coefficient (Wildman–Crippen LogP) is 2.16. The minimum Gasteiger partial charge on any atom is -0.313 e. The van der Waals surface area contributed by atoms with Crippen LogP contribution < -0.4 is 5.32 Å². The average molecular weight is 242 g/mol. The number of rotatable bonds is 1. The largest absolute Gasteiger partial charge is 0.313 e. The maximum atomic E-state index is 13.0. The van der Waals surface area contributed by atoms with E-state index in [-0.39, 0.29) is 5.69 Å². The lowest BCUT2D eigenvalue weighted by atomic mass is 10.3. The van der Waals surface area contributed by atoms with Gasteiger partial charge in [-0.3, -0.25) is 4.79 Å². The van der Waals surface area contributed by atoms with Crippen LogP contribution in [0.4, 0.5) is 10.1 Å². The molecule has 0 aliphatic carbocycles. The monoisotopic (exact) mass is 241 g/mol. The first kappa shape index (κ1) is 9.75.